The van der Waals surface area contributed by atoms with E-state index in [4.69, 9.17) is 11.6 Å². The summed E-state index contributed by atoms with van der Waals surface area (Å²) in [5.41, 5.74) is 1.29. The Balaban J connectivity index is 2.09. The number of halogens is 2. The number of amides is 1. The van der Waals surface area contributed by atoms with Gasteiger partial charge in [-0.25, -0.2) is 4.39 Å². The molecule has 116 valence electrons. The van der Waals surface area contributed by atoms with Gasteiger partial charge in [0.1, 0.15) is 5.82 Å². The summed E-state index contributed by atoms with van der Waals surface area (Å²) in [6, 6.07) is 14.2. The number of carbonyl (C=O) groups is 1. The lowest BCUT2D eigenvalue weighted by Gasteiger charge is -2.19. The fraction of sp³-hybridized carbons (Fsp3) is 0.278. The molecule has 1 amide bonds. The van der Waals surface area contributed by atoms with E-state index in [1.54, 1.807) is 6.07 Å². The average molecular weight is 320 g/mol. The zero-order chi connectivity index (χ0) is 15.9. The normalized spacial score (nSPS) is 12.0. The topological polar surface area (TPSA) is 29.1 Å². The fourth-order valence-corrected chi connectivity index (χ4v) is 2.63. The minimum Gasteiger partial charge on any atom is -0.349 e. The van der Waals surface area contributed by atoms with Crippen LogP contribution in [0.3, 0.4) is 0 Å². The van der Waals surface area contributed by atoms with Crippen LogP contribution in [-0.2, 0) is 11.2 Å². The van der Waals surface area contributed by atoms with Crippen LogP contribution in [0.2, 0.25) is 5.02 Å². The third-order valence-electron chi connectivity index (χ3n) is 3.51. The van der Waals surface area contributed by atoms with Crippen molar-refractivity contribution in [2.75, 3.05) is 0 Å². The van der Waals surface area contributed by atoms with E-state index in [2.05, 4.69) is 12.2 Å². The second-order valence-corrected chi connectivity index (χ2v) is 5.60. The lowest BCUT2D eigenvalue weighted by Crippen LogP contribution is -2.30. The molecule has 0 unspecified atom stereocenters. The van der Waals surface area contributed by atoms with Crippen molar-refractivity contribution in [2.24, 2.45) is 0 Å². The van der Waals surface area contributed by atoms with Crippen LogP contribution in [0.4, 0.5) is 4.39 Å². The molecular weight excluding hydrogens is 301 g/mol. The Bertz CT molecular complexity index is 610. The van der Waals surface area contributed by atoms with Crippen molar-refractivity contribution in [3.63, 3.8) is 0 Å². The van der Waals surface area contributed by atoms with Gasteiger partial charge >= 0.3 is 0 Å². The number of benzene rings is 2. The van der Waals surface area contributed by atoms with Crippen molar-refractivity contribution < 1.29 is 9.18 Å². The van der Waals surface area contributed by atoms with E-state index >= 15 is 0 Å². The first-order valence-corrected chi connectivity index (χ1v) is 7.76. The van der Waals surface area contributed by atoms with Crippen LogP contribution >= 0.6 is 11.6 Å². The molecule has 2 nitrogen and oxygen atoms in total. The van der Waals surface area contributed by atoms with Crippen LogP contribution in [0.5, 0.6) is 0 Å². The van der Waals surface area contributed by atoms with Gasteiger partial charge in [-0.3, -0.25) is 4.79 Å². The summed E-state index contributed by atoms with van der Waals surface area (Å²) >= 11 is 5.97. The van der Waals surface area contributed by atoms with E-state index in [0.717, 1.165) is 18.4 Å². The van der Waals surface area contributed by atoms with Gasteiger partial charge in [-0.2, -0.15) is 0 Å². The van der Waals surface area contributed by atoms with Crippen molar-refractivity contribution in [1.29, 1.82) is 0 Å². The Hall–Kier alpha value is -1.87. The number of carbonyl (C=O) groups excluding carboxylic acids is 1. The molecule has 0 aliphatic heterocycles. The Kier molecular flexibility index (Phi) is 5.96. The van der Waals surface area contributed by atoms with Gasteiger partial charge in [0.05, 0.1) is 12.5 Å². The predicted molar refractivity (Wildman–Crippen MR) is 87.3 cm³/mol. The van der Waals surface area contributed by atoms with Crippen LogP contribution in [0.15, 0.2) is 48.5 Å². The lowest BCUT2D eigenvalue weighted by atomic mass is 10.0. The molecule has 0 aliphatic rings. The van der Waals surface area contributed by atoms with Gasteiger partial charge in [0.15, 0.2) is 0 Å². The summed E-state index contributed by atoms with van der Waals surface area (Å²) in [5, 5.41) is 3.25. The Morgan fingerprint density at radius 1 is 1.18 bits per heavy atom. The van der Waals surface area contributed by atoms with Gasteiger partial charge in [-0.1, -0.05) is 61.3 Å². The van der Waals surface area contributed by atoms with Gasteiger partial charge in [0.25, 0.3) is 0 Å². The molecule has 0 heterocycles. The molecule has 0 saturated carbocycles. The molecule has 0 radical (unpaired) electrons. The zero-order valence-corrected chi connectivity index (χ0v) is 13.2. The van der Waals surface area contributed by atoms with E-state index in [1.807, 2.05) is 30.3 Å². The minimum atomic E-state index is -0.450. The van der Waals surface area contributed by atoms with Gasteiger partial charge in [-0.05, 0) is 24.1 Å². The molecule has 0 fully saturated rings. The molecule has 4 heteroatoms. The maximum absolute atomic E-state index is 13.8. The molecule has 0 saturated heterocycles. The standard InChI is InChI=1S/C18H19ClFNO/c1-2-7-17(13-8-4-3-5-9-13)21-18(22)12-14-15(19)10-6-11-16(14)20/h3-6,8-11,17H,2,7,12H2,1H3,(H,21,22)/t17-/m1/s1. The fourth-order valence-electron chi connectivity index (χ4n) is 2.40. The summed E-state index contributed by atoms with van der Waals surface area (Å²) in [6.45, 7) is 2.07. The summed E-state index contributed by atoms with van der Waals surface area (Å²) in [6.07, 6.45) is 1.72. The van der Waals surface area contributed by atoms with E-state index in [1.165, 1.54) is 12.1 Å². The lowest BCUT2D eigenvalue weighted by molar-refractivity contribution is -0.121. The molecular formula is C18H19ClFNO. The van der Waals surface area contributed by atoms with Crippen molar-refractivity contribution in [3.05, 3.63) is 70.5 Å². The Morgan fingerprint density at radius 3 is 2.55 bits per heavy atom. The highest BCUT2D eigenvalue weighted by atomic mass is 35.5. The van der Waals surface area contributed by atoms with Crippen molar-refractivity contribution in [3.8, 4) is 0 Å². The first-order valence-electron chi connectivity index (χ1n) is 7.39. The average Bonchev–Trinajstić information content (AvgIpc) is 2.51. The third-order valence-corrected chi connectivity index (χ3v) is 3.87. The van der Waals surface area contributed by atoms with Crippen molar-refractivity contribution >= 4 is 17.5 Å². The minimum absolute atomic E-state index is 0.0570. The second-order valence-electron chi connectivity index (χ2n) is 5.20. The summed E-state index contributed by atoms with van der Waals surface area (Å²) in [5.74, 6) is -0.677. The van der Waals surface area contributed by atoms with E-state index in [-0.39, 0.29) is 29.0 Å². The molecule has 0 aromatic heterocycles. The van der Waals surface area contributed by atoms with Crippen LogP contribution in [-0.4, -0.2) is 5.91 Å². The largest absolute Gasteiger partial charge is 0.349 e. The Morgan fingerprint density at radius 2 is 1.91 bits per heavy atom. The number of hydrogen-bond donors (Lipinski definition) is 1. The van der Waals surface area contributed by atoms with Crippen LogP contribution in [0.1, 0.15) is 36.9 Å². The first kappa shape index (κ1) is 16.5. The van der Waals surface area contributed by atoms with Crippen molar-refractivity contribution in [1.82, 2.24) is 5.32 Å². The highest BCUT2D eigenvalue weighted by Crippen LogP contribution is 2.21. The highest BCUT2D eigenvalue weighted by Gasteiger charge is 2.16. The van der Waals surface area contributed by atoms with Gasteiger partial charge in [0, 0.05) is 10.6 Å². The molecule has 1 N–H and O–H groups in total. The number of nitrogens with one attached hydrogen (secondary N) is 1. The van der Waals surface area contributed by atoms with Gasteiger partial charge in [-0.15, -0.1) is 0 Å². The molecule has 0 aliphatic carbocycles. The predicted octanol–water partition coefficient (Wildman–Crippen LogP) is 4.68. The Labute approximate surface area is 135 Å². The second kappa shape index (κ2) is 7.95. The van der Waals surface area contributed by atoms with Crippen LogP contribution < -0.4 is 5.32 Å². The van der Waals surface area contributed by atoms with E-state index in [0.29, 0.717) is 0 Å². The summed E-state index contributed by atoms with van der Waals surface area (Å²) in [4.78, 5) is 12.2. The number of hydrogen-bond acceptors (Lipinski definition) is 1. The molecule has 0 bridgehead atoms. The van der Waals surface area contributed by atoms with E-state index < -0.39 is 5.82 Å². The SMILES string of the molecule is CCC[C@@H](NC(=O)Cc1c(F)cccc1Cl)c1ccccc1. The van der Waals surface area contributed by atoms with Gasteiger partial charge < -0.3 is 5.32 Å². The monoisotopic (exact) mass is 319 g/mol. The maximum Gasteiger partial charge on any atom is 0.225 e. The molecule has 2 aromatic carbocycles. The summed E-state index contributed by atoms with van der Waals surface area (Å²) in [7, 11) is 0. The number of rotatable bonds is 6. The highest BCUT2D eigenvalue weighted by molar-refractivity contribution is 6.31. The molecule has 2 aromatic rings. The molecule has 2 rings (SSSR count). The van der Waals surface area contributed by atoms with Crippen LogP contribution in [0, 0.1) is 5.82 Å². The molecule has 0 spiro atoms. The van der Waals surface area contributed by atoms with Gasteiger partial charge in [0.2, 0.25) is 5.91 Å². The summed E-state index contributed by atoms with van der Waals surface area (Å²) < 4.78 is 13.8. The smallest absolute Gasteiger partial charge is 0.225 e. The first-order chi connectivity index (χ1) is 10.6. The zero-order valence-electron chi connectivity index (χ0n) is 12.5. The molecule has 22 heavy (non-hydrogen) atoms. The third kappa shape index (κ3) is 4.31. The van der Waals surface area contributed by atoms with Crippen LogP contribution in [0.25, 0.3) is 0 Å². The maximum atomic E-state index is 13.8. The van der Waals surface area contributed by atoms with E-state index in [9.17, 15) is 9.18 Å². The molecule has 1 atom stereocenters. The van der Waals surface area contributed by atoms with Crippen molar-refractivity contribution in [2.45, 2.75) is 32.2 Å². The quantitative estimate of drug-likeness (QED) is 0.823.